The largest absolute Gasteiger partial charge is 0.398 e. The van der Waals surface area contributed by atoms with Gasteiger partial charge >= 0.3 is 0 Å². The monoisotopic (exact) mass is 397 g/mol. The van der Waals surface area contributed by atoms with Crippen LogP contribution in [0.2, 0.25) is 5.02 Å². The Balaban J connectivity index is 3.38. The molecule has 0 aliphatic heterocycles. The molecular formula is C12H17BrClN3O3S. The van der Waals surface area contributed by atoms with Crippen molar-refractivity contribution >= 4 is 49.1 Å². The van der Waals surface area contributed by atoms with Crippen LogP contribution in [-0.2, 0) is 14.8 Å². The van der Waals surface area contributed by atoms with Crippen LogP contribution in [0.4, 0.5) is 5.69 Å². The molecule has 0 aliphatic carbocycles. The standard InChI is InChI=1S/C12H17BrClN3O3S/c1-7(2)5-17(6-11(16)18)21(19,20)10-4-8(14)3-9(15)12(10)13/h3-4,7H,5-6,15H2,1-2H3,(H2,16,18). The maximum Gasteiger partial charge on any atom is 0.244 e. The highest BCUT2D eigenvalue weighted by Crippen LogP contribution is 2.33. The van der Waals surface area contributed by atoms with E-state index in [1.54, 1.807) is 0 Å². The van der Waals surface area contributed by atoms with Crippen molar-refractivity contribution in [2.75, 3.05) is 18.8 Å². The van der Waals surface area contributed by atoms with Crippen LogP contribution in [0.15, 0.2) is 21.5 Å². The van der Waals surface area contributed by atoms with Gasteiger partial charge in [0.1, 0.15) is 0 Å². The third-order valence-corrected chi connectivity index (χ3v) is 5.75. The number of anilines is 1. The zero-order valence-corrected chi connectivity index (χ0v) is 14.8. The van der Waals surface area contributed by atoms with E-state index in [1.807, 2.05) is 13.8 Å². The number of rotatable bonds is 6. The predicted molar refractivity (Wildman–Crippen MR) is 86.4 cm³/mol. The van der Waals surface area contributed by atoms with Gasteiger partial charge in [0.2, 0.25) is 15.9 Å². The lowest BCUT2D eigenvalue weighted by molar-refractivity contribution is -0.118. The first-order valence-electron chi connectivity index (χ1n) is 6.08. The molecule has 0 spiro atoms. The minimum atomic E-state index is -3.95. The second kappa shape index (κ2) is 6.95. The molecule has 1 rings (SSSR count). The van der Waals surface area contributed by atoms with Gasteiger partial charge in [-0.2, -0.15) is 4.31 Å². The Morgan fingerprint density at radius 1 is 1.43 bits per heavy atom. The van der Waals surface area contributed by atoms with Gasteiger partial charge in [-0.1, -0.05) is 25.4 Å². The summed E-state index contributed by atoms with van der Waals surface area (Å²) >= 11 is 9.01. The fourth-order valence-electron chi connectivity index (χ4n) is 1.74. The SMILES string of the molecule is CC(C)CN(CC(N)=O)S(=O)(=O)c1cc(Cl)cc(N)c1Br. The van der Waals surface area contributed by atoms with E-state index >= 15 is 0 Å². The molecule has 6 nitrogen and oxygen atoms in total. The number of hydrogen-bond acceptors (Lipinski definition) is 4. The molecule has 118 valence electrons. The summed E-state index contributed by atoms with van der Waals surface area (Å²) in [4.78, 5) is 11.1. The smallest absolute Gasteiger partial charge is 0.244 e. The van der Waals surface area contributed by atoms with Crippen LogP contribution < -0.4 is 11.5 Å². The van der Waals surface area contributed by atoms with Gasteiger partial charge in [0.15, 0.2) is 0 Å². The average Bonchev–Trinajstić information content (AvgIpc) is 2.31. The lowest BCUT2D eigenvalue weighted by Gasteiger charge is -2.23. The molecule has 1 amide bonds. The van der Waals surface area contributed by atoms with Gasteiger partial charge in [-0.15, -0.1) is 0 Å². The Hall–Kier alpha value is -0.830. The van der Waals surface area contributed by atoms with Crippen LogP contribution in [0.25, 0.3) is 0 Å². The molecule has 0 unspecified atom stereocenters. The van der Waals surface area contributed by atoms with Crippen molar-refractivity contribution in [2.24, 2.45) is 11.7 Å². The molecular weight excluding hydrogens is 382 g/mol. The molecule has 21 heavy (non-hydrogen) atoms. The Bertz CT molecular complexity index is 649. The summed E-state index contributed by atoms with van der Waals surface area (Å²) in [5, 5.41) is 0.192. The number of nitrogens with two attached hydrogens (primary N) is 2. The summed E-state index contributed by atoms with van der Waals surface area (Å²) in [6.45, 7) is 3.43. The van der Waals surface area contributed by atoms with E-state index in [1.165, 1.54) is 12.1 Å². The first kappa shape index (κ1) is 18.2. The number of amides is 1. The molecule has 9 heteroatoms. The zero-order chi connectivity index (χ0) is 16.4. The van der Waals surface area contributed by atoms with E-state index in [2.05, 4.69) is 15.9 Å². The van der Waals surface area contributed by atoms with E-state index in [0.29, 0.717) is 0 Å². The molecule has 0 radical (unpaired) electrons. The summed E-state index contributed by atoms with van der Waals surface area (Å²) in [6, 6.07) is 2.72. The lowest BCUT2D eigenvalue weighted by atomic mass is 10.2. The predicted octanol–water partition coefficient (Wildman–Crippen LogP) is 1.82. The Kier molecular flexibility index (Phi) is 6.03. The number of carbonyl (C=O) groups is 1. The maximum atomic E-state index is 12.7. The van der Waals surface area contributed by atoms with E-state index < -0.39 is 22.5 Å². The van der Waals surface area contributed by atoms with Crippen molar-refractivity contribution in [3.8, 4) is 0 Å². The van der Waals surface area contributed by atoms with Crippen LogP contribution in [0, 0.1) is 5.92 Å². The second-order valence-electron chi connectivity index (χ2n) is 4.96. The van der Waals surface area contributed by atoms with Gasteiger partial charge in [0, 0.05) is 17.3 Å². The molecule has 0 aliphatic rings. The van der Waals surface area contributed by atoms with Crippen molar-refractivity contribution in [3.05, 3.63) is 21.6 Å². The van der Waals surface area contributed by atoms with Crippen molar-refractivity contribution < 1.29 is 13.2 Å². The van der Waals surface area contributed by atoms with Crippen molar-refractivity contribution in [1.29, 1.82) is 0 Å². The highest BCUT2D eigenvalue weighted by atomic mass is 79.9. The number of nitrogen functional groups attached to an aromatic ring is 1. The summed E-state index contributed by atoms with van der Waals surface area (Å²) in [6.07, 6.45) is 0. The number of carbonyl (C=O) groups excluding carboxylic acids is 1. The van der Waals surface area contributed by atoms with Gasteiger partial charge in [-0.25, -0.2) is 8.42 Å². The summed E-state index contributed by atoms with van der Waals surface area (Å²) < 4.78 is 26.6. The van der Waals surface area contributed by atoms with Crippen LogP contribution in [-0.4, -0.2) is 31.7 Å². The van der Waals surface area contributed by atoms with Gasteiger partial charge in [-0.3, -0.25) is 4.79 Å². The Morgan fingerprint density at radius 3 is 2.48 bits per heavy atom. The van der Waals surface area contributed by atoms with E-state index in [9.17, 15) is 13.2 Å². The highest BCUT2D eigenvalue weighted by molar-refractivity contribution is 9.10. The van der Waals surface area contributed by atoms with E-state index in [4.69, 9.17) is 23.1 Å². The normalized spacial score (nSPS) is 12.1. The van der Waals surface area contributed by atoms with Gasteiger partial charge < -0.3 is 11.5 Å². The maximum absolute atomic E-state index is 12.7. The topological polar surface area (TPSA) is 106 Å². The Morgan fingerprint density at radius 2 is 2.00 bits per heavy atom. The minimum Gasteiger partial charge on any atom is -0.398 e. The Labute approximate surface area is 137 Å². The molecule has 0 saturated carbocycles. The van der Waals surface area contributed by atoms with Gasteiger partial charge in [0.25, 0.3) is 0 Å². The number of sulfonamides is 1. The van der Waals surface area contributed by atoms with Crippen LogP contribution in [0.1, 0.15) is 13.8 Å². The van der Waals surface area contributed by atoms with E-state index in [0.717, 1.165) is 4.31 Å². The lowest BCUT2D eigenvalue weighted by Crippen LogP contribution is -2.40. The summed E-state index contributed by atoms with van der Waals surface area (Å²) in [5.74, 6) is -0.709. The van der Waals surface area contributed by atoms with Crippen molar-refractivity contribution in [2.45, 2.75) is 18.7 Å². The molecule has 1 aromatic rings. The first-order valence-corrected chi connectivity index (χ1v) is 8.69. The first-order chi connectivity index (χ1) is 9.55. The van der Waals surface area contributed by atoms with Crippen LogP contribution in [0.5, 0.6) is 0 Å². The second-order valence-corrected chi connectivity index (χ2v) is 8.10. The van der Waals surface area contributed by atoms with Crippen LogP contribution >= 0.6 is 27.5 Å². The third kappa shape index (κ3) is 4.57. The highest BCUT2D eigenvalue weighted by Gasteiger charge is 2.29. The van der Waals surface area contributed by atoms with Crippen molar-refractivity contribution in [3.63, 3.8) is 0 Å². The van der Waals surface area contributed by atoms with Gasteiger partial charge in [-0.05, 0) is 34.0 Å². The van der Waals surface area contributed by atoms with Crippen molar-refractivity contribution in [1.82, 2.24) is 4.31 Å². The number of benzene rings is 1. The number of hydrogen-bond donors (Lipinski definition) is 2. The molecule has 0 saturated heterocycles. The summed E-state index contributed by atoms with van der Waals surface area (Å²) in [5.41, 5.74) is 11.0. The minimum absolute atomic E-state index is 0.0226. The molecule has 4 N–H and O–H groups in total. The zero-order valence-electron chi connectivity index (χ0n) is 11.6. The van der Waals surface area contributed by atoms with E-state index in [-0.39, 0.29) is 32.5 Å². The quantitative estimate of drug-likeness (QED) is 0.713. The number of nitrogens with zero attached hydrogens (tertiary/aromatic N) is 1. The third-order valence-electron chi connectivity index (χ3n) is 2.55. The molecule has 0 bridgehead atoms. The van der Waals surface area contributed by atoms with Crippen LogP contribution in [0.3, 0.4) is 0 Å². The molecule has 0 fully saturated rings. The average molecular weight is 399 g/mol. The number of halogens is 2. The molecule has 0 aromatic heterocycles. The molecule has 1 aromatic carbocycles. The summed E-state index contributed by atoms with van der Waals surface area (Å²) in [7, 11) is -3.95. The molecule has 0 heterocycles. The fraction of sp³-hybridized carbons (Fsp3) is 0.417. The van der Waals surface area contributed by atoms with Gasteiger partial charge in [0.05, 0.1) is 15.9 Å². The number of primary amides is 1. The fourth-order valence-corrected chi connectivity index (χ4v) is 4.56. The molecule has 0 atom stereocenters.